The van der Waals surface area contributed by atoms with Gasteiger partial charge in [-0.1, -0.05) is 12.1 Å². The van der Waals surface area contributed by atoms with Crippen molar-refractivity contribution in [1.29, 1.82) is 0 Å². The van der Waals surface area contributed by atoms with Crippen LogP contribution < -0.4 is 15.4 Å². The highest BCUT2D eigenvalue weighted by molar-refractivity contribution is 5.76. The third-order valence-electron chi connectivity index (χ3n) is 7.93. The summed E-state index contributed by atoms with van der Waals surface area (Å²) in [5.41, 5.74) is 2.75. The summed E-state index contributed by atoms with van der Waals surface area (Å²) in [6, 6.07) is 10.8. The summed E-state index contributed by atoms with van der Waals surface area (Å²) in [7, 11) is 1.59. The molecule has 4 heterocycles. The van der Waals surface area contributed by atoms with E-state index < -0.39 is 24.5 Å². The number of anilines is 2. The monoisotopic (exact) mass is 549 g/mol. The number of aromatic amines is 1. The number of fused-ring (bicyclic) bond motifs is 1. The number of carbonyl (C=O) groups excluding carboxylic acids is 1. The van der Waals surface area contributed by atoms with Gasteiger partial charge in [-0.05, 0) is 43.4 Å². The number of aromatic nitrogens is 5. The molecule has 3 atom stereocenters. The van der Waals surface area contributed by atoms with Gasteiger partial charge in [0.15, 0.2) is 23.9 Å². The van der Waals surface area contributed by atoms with Crippen molar-refractivity contribution in [3.05, 3.63) is 54.0 Å². The van der Waals surface area contributed by atoms with E-state index in [4.69, 9.17) is 19.2 Å². The van der Waals surface area contributed by atoms with Crippen LogP contribution in [0.2, 0.25) is 0 Å². The van der Waals surface area contributed by atoms with E-state index in [2.05, 4.69) is 25.9 Å². The number of alkyl halides is 1. The van der Waals surface area contributed by atoms with Gasteiger partial charge in [0.05, 0.1) is 43.6 Å². The maximum Gasteiger partial charge on any atom is 0.408 e. The lowest BCUT2D eigenvalue weighted by atomic mass is 9.50. The summed E-state index contributed by atoms with van der Waals surface area (Å²) in [6.45, 7) is -0.289. The Labute approximate surface area is 227 Å². The van der Waals surface area contributed by atoms with Crippen LogP contribution in [0.25, 0.3) is 16.8 Å². The number of benzene rings is 1. The maximum atomic E-state index is 15.3. The van der Waals surface area contributed by atoms with Crippen molar-refractivity contribution >= 4 is 23.2 Å². The Morgan fingerprint density at radius 3 is 2.90 bits per heavy atom. The SMILES string of the molecule is COc1cccc(-c2cn3nc(CO)cc3c(Nc3cc([C@H]4OC[C@@H](OC(=O)NC56CC(C5)C6)[C@H]4F)[nH]n3)n2)c1. The molecular weight excluding hydrogens is 521 g/mol. The normalized spacial score (nSPS) is 26.7. The van der Waals surface area contributed by atoms with Crippen LogP contribution in [0.5, 0.6) is 5.75 Å². The van der Waals surface area contributed by atoms with E-state index in [1.807, 2.05) is 24.3 Å². The van der Waals surface area contributed by atoms with Gasteiger partial charge in [0, 0.05) is 17.2 Å². The van der Waals surface area contributed by atoms with Crippen molar-refractivity contribution in [2.45, 2.75) is 49.8 Å². The summed E-state index contributed by atoms with van der Waals surface area (Å²) in [4.78, 5) is 17.1. The van der Waals surface area contributed by atoms with Gasteiger partial charge in [-0.3, -0.25) is 5.10 Å². The van der Waals surface area contributed by atoms with Crippen molar-refractivity contribution in [3.63, 3.8) is 0 Å². The quantitative estimate of drug-likeness (QED) is 0.259. The van der Waals surface area contributed by atoms with E-state index in [0.717, 1.165) is 24.8 Å². The van der Waals surface area contributed by atoms with Gasteiger partial charge in [0.25, 0.3) is 0 Å². The number of H-pyrrole nitrogens is 1. The molecule has 4 fully saturated rings. The molecule has 3 saturated carbocycles. The Bertz CT molecular complexity index is 1570. The highest BCUT2D eigenvalue weighted by Crippen LogP contribution is 2.57. The van der Waals surface area contributed by atoms with Crippen LogP contribution in [0.4, 0.5) is 20.8 Å². The number of nitrogens with zero attached hydrogens (tertiary/aromatic N) is 4. The van der Waals surface area contributed by atoms with Gasteiger partial charge >= 0.3 is 6.09 Å². The standard InChI is InChI=1S/C27H28FN7O5/c1-38-17-4-2-3-15(5-17)19-11-35-20(6-16(12-36)34-35)25(29-19)30-22-7-18(32-33-22)24-23(28)21(13-39-24)40-26(37)31-27-8-14(9-27)10-27/h2-7,11,14,21,23-24,36H,8-10,12-13H2,1H3,(H,31,37)(H2,29,30,32,33)/t14?,21-,23-,24-,27?/m1/s1. The van der Waals surface area contributed by atoms with Crippen LogP contribution in [0.1, 0.15) is 36.8 Å². The average Bonchev–Trinajstić information content (AvgIpc) is 3.64. The number of methoxy groups -OCH3 is 1. The highest BCUT2D eigenvalue weighted by Gasteiger charge is 2.58. The zero-order valence-corrected chi connectivity index (χ0v) is 21.6. The first kappa shape index (κ1) is 24.8. The second-order valence-corrected chi connectivity index (χ2v) is 10.7. The minimum Gasteiger partial charge on any atom is -0.497 e. The molecule has 0 spiro atoms. The fourth-order valence-electron chi connectivity index (χ4n) is 5.75. The van der Waals surface area contributed by atoms with Gasteiger partial charge in [0.2, 0.25) is 0 Å². The topological polar surface area (TPSA) is 148 Å². The molecule has 1 aliphatic heterocycles. The maximum absolute atomic E-state index is 15.3. The van der Waals surface area contributed by atoms with Crippen molar-refractivity contribution in [3.8, 4) is 17.0 Å². The summed E-state index contributed by atoms with van der Waals surface area (Å²) >= 11 is 0. The minimum atomic E-state index is -1.56. The largest absolute Gasteiger partial charge is 0.497 e. The number of hydrogen-bond donors (Lipinski definition) is 4. The van der Waals surface area contributed by atoms with Crippen LogP contribution in [0, 0.1) is 5.92 Å². The minimum absolute atomic E-state index is 0.0544. The first-order chi connectivity index (χ1) is 19.4. The molecule has 12 nitrogen and oxygen atoms in total. The number of ether oxygens (including phenoxy) is 3. The molecule has 2 bridgehead atoms. The molecule has 40 heavy (non-hydrogen) atoms. The fourth-order valence-corrected chi connectivity index (χ4v) is 5.75. The molecule has 8 rings (SSSR count). The number of aliphatic hydroxyl groups is 1. The molecular formula is C27H28FN7O5. The predicted molar refractivity (Wildman–Crippen MR) is 140 cm³/mol. The first-order valence-corrected chi connectivity index (χ1v) is 13.1. The van der Waals surface area contributed by atoms with Crippen LogP contribution in [0.3, 0.4) is 0 Å². The molecule has 1 amide bonds. The highest BCUT2D eigenvalue weighted by atomic mass is 19.1. The first-order valence-electron chi connectivity index (χ1n) is 13.1. The van der Waals surface area contributed by atoms with Crippen molar-refractivity contribution in [1.82, 2.24) is 30.1 Å². The number of rotatable bonds is 8. The predicted octanol–water partition coefficient (Wildman–Crippen LogP) is 3.42. The molecule has 4 aromatic rings. The van der Waals surface area contributed by atoms with Crippen molar-refractivity contribution in [2.24, 2.45) is 5.92 Å². The van der Waals surface area contributed by atoms with E-state index >= 15 is 4.39 Å². The molecule has 0 radical (unpaired) electrons. The number of carbonyl (C=O) groups is 1. The lowest BCUT2D eigenvalue weighted by molar-refractivity contribution is -0.0528. The third kappa shape index (κ3) is 4.31. The molecule has 13 heteroatoms. The van der Waals surface area contributed by atoms with Crippen LogP contribution in [-0.4, -0.2) is 67.5 Å². The molecule has 1 aromatic carbocycles. The number of amides is 1. The molecule has 0 unspecified atom stereocenters. The number of nitrogens with one attached hydrogen (secondary N) is 3. The fraction of sp³-hybridized carbons (Fsp3) is 0.407. The van der Waals surface area contributed by atoms with Gasteiger partial charge in [-0.15, -0.1) is 0 Å². The Morgan fingerprint density at radius 2 is 2.15 bits per heavy atom. The Kier molecular flexibility index (Phi) is 5.86. The van der Waals surface area contributed by atoms with E-state index in [-0.39, 0.29) is 18.8 Å². The molecule has 4 aliphatic rings. The van der Waals surface area contributed by atoms with E-state index in [1.54, 1.807) is 30.0 Å². The van der Waals surface area contributed by atoms with Gasteiger partial charge in [-0.2, -0.15) is 10.2 Å². The van der Waals surface area contributed by atoms with Crippen LogP contribution in [0.15, 0.2) is 42.6 Å². The van der Waals surface area contributed by atoms with Crippen molar-refractivity contribution in [2.75, 3.05) is 19.0 Å². The van der Waals surface area contributed by atoms with Gasteiger partial charge < -0.3 is 30.0 Å². The number of hydrogen-bond acceptors (Lipinski definition) is 9. The second kappa shape index (κ2) is 9.45. The Balaban J connectivity index is 1.09. The van der Waals surface area contributed by atoms with Crippen LogP contribution in [-0.2, 0) is 16.1 Å². The summed E-state index contributed by atoms with van der Waals surface area (Å²) in [5.74, 6) is 2.19. The molecule has 1 saturated heterocycles. The average molecular weight is 550 g/mol. The van der Waals surface area contributed by atoms with Crippen molar-refractivity contribution < 1.29 is 28.5 Å². The van der Waals surface area contributed by atoms with Crippen LogP contribution >= 0.6 is 0 Å². The van der Waals surface area contributed by atoms with E-state index in [9.17, 15) is 9.90 Å². The second-order valence-electron chi connectivity index (χ2n) is 10.7. The van der Waals surface area contributed by atoms with E-state index in [0.29, 0.717) is 45.9 Å². The smallest absolute Gasteiger partial charge is 0.408 e. The summed E-state index contributed by atoms with van der Waals surface area (Å²) in [5, 5.41) is 27.2. The van der Waals surface area contributed by atoms with Gasteiger partial charge in [-0.25, -0.2) is 18.7 Å². The zero-order valence-electron chi connectivity index (χ0n) is 21.6. The lowest BCUT2D eigenvalue weighted by Crippen LogP contribution is -2.68. The molecule has 3 aromatic heterocycles. The molecule has 208 valence electrons. The lowest BCUT2D eigenvalue weighted by Gasteiger charge is -2.61. The molecule has 4 N–H and O–H groups in total. The summed E-state index contributed by atoms with van der Waals surface area (Å²) < 4.78 is 33.2. The summed E-state index contributed by atoms with van der Waals surface area (Å²) in [6.07, 6.45) is 0.530. The Hall–Kier alpha value is -4.23. The van der Waals surface area contributed by atoms with Gasteiger partial charge in [0.1, 0.15) is 17.4 Å². The Morgan fingerprint density at radius 1 is 1.30 bits per heavy atom. The number of aliphatic hydroxyl groups excluding tert-OH is 1. The molecule has 3 aliphatic carbocycles. The number of alkyl carbamates (subject to hydrolysis) is 1. The number of halogens is 1. The van der Waals surface area contributed by atoms with E-state index in [1.165, 1.54) is 0 Å². The zero-order chi connectivity index (χ0) is 27.4. The third-order valence-corrected chi connectivity index (χ3v) is 7.93.